The third kappa shape index (κ3) is 13.2. The maximum Gasteiger partial charge on any atom is 0.306 e. The van der Waals surface area contributed by atoms with Gasteiger partial charge in [-0.05, 0) is 69.9 Å². The molecule has 3 N–H and O–H groups in total. The molecule has 18 unspecified atom stereocenters. The smallest absolute Gasteiger partial charge is 0.306 e. The minimum absolute atomic E-state index is 0.0144. The summed E-state index contributed by atoms with van der Waals surface area (Å²) in [4.78, 5) is 18.1. The van der Waals surface area contributed by atoms with E-state index in [1.54, 1.807) is 7.11 Å². The topological polar surface area (TPSA) is 211 Å². The first-order chi connectivity index (χ1) is 33.6. The molecule has 6 rings (SSSR count). The Morgan fingerprint density at radius 2 is 1.74 bits per heavy atom. The first-order valence-electron chi connectivity index (χ1n) is 24.9. The van der Waals surface area contributed by atoms with Crippen LogP contribution in [-0.4, -0.2) is 142 Å². The number of nitrogens with zero attached hydrogens (tertiary/aromatic N) is 2. The lowest BCUT2D eigenvalue weighted by atomic mass is 9.53. The molecule has 3 fully saturated rings. The van der Waals surface area contributed by atoms with Crippen molar-refractivity contribution in [2.45, 2.75) is 166 Å². The van der Waals surface area contributed by atoms with Crippen molar-refractivity contribution in [1.82, 2.24) is 4.98 Å². The Morgan fingerprint density at radius 1 is 0.971 bits per heavy atom. The molecule has 3 aliphatic heterocycles. The maximum atomic E-state index is 13.4. The Hall–Kier alpha value is -3.83. The summed E-state index contributed by atoms with van der Waals surface area (Å²) in [6, 6.07) is 2.20. The van der Waals surface area contributed by atoms with Crippen molar-refractivity contribution < 1.29 is 67.2 Å². The second kappa shape index (κ2) is 25.7. The van der Waals surface area contributed by atoms with Gasteiger partial charge in [-0.3, -0.25) is 4.79 Å². The zero-order chi connectivity index (χ0) is 50.7. The number of aryl methyl sites for hydroxylation is 1. The highest BCUT2D eigenvalue weighted by atomic mass is 16.7. The number of cyclic esters (lactones) is 1. The van der Waals surface area contributed by atoms with Crippen molar-refractivity contribution >= 4 is 12.0 Å². The van der Waals surface area contributed by atoms with Gasteiger partial charge in [0.25, 0.3) is 0 Å². The summed E-state index contributed by atoms with van der Waals surface area (Å²) in [6.07, 6.45) is 13.8. The number of hydrogen-bond donors (Lipinski definition) is 3. The number of rotatable bonds is 15. The van der Waals surface area contributed by atoms with Crippen LogP contribution in [0.15, 0.2) is 70.2 Å². The van der Waals surface area contributed by atoms with E-state index in [4.69, 9.17) is 57.3 Å². The van der Waals surface area contributed by atoms with Crippen LogP contribution in [0.4, 0.5) is 0 Å². The van der Waals surface area contributed by atoms with Gasteiger partial charge in [0.2, 0.25) is 0 Å². The van der Waals surface area contributed by atoms with Gasteiger partial charge >= 0.3 is 5.97 Å². The Labute approximate surface area is 414 Å². The first kappa shape index (κ1) is 55.5. The molecular weight excluding hydrogens is 901 g/mol. The molecule has 18 atom stereocenters. The SMILES string of the molecule is COCC1OC(OC2CC(OC)CC3C2C(C)=CC2/C=C/C=C/C(C)C(/C=C/c4nc(C(C)CCCC#N)oc4C)OC(=O)CC/C=C(C)\C=C\C23C)C(OC)C(OC2OCC(OC)C(O)C2O)C1O. The molecule has 1 aromatic rings. The monoisotopic (exact) mass is 979 g/mol. The van der Waals surface area contributed by atoms with E-state index in [1.165, 1.54) is 21.3 Å². The number of esters is 1. The first-order valence-corrected chi connectivity index (χ1v) is 24.9. The van der Waals surface area contributed by atoms with Crippen LogP contribution in [0, 0.1) is 47.3 Å². The molecule has 1 aromatic heterocycles. The summed E-state index contributed by atoms with van der Waals surface area (Å²) in [5.74, 6) is 0.843. The van der Waals surface area contributed by atoms with Gasteiger partial charge in [-0.1, -0.05) is 80.5 Å². The standard InChI is InChI=1S/C54H78N2O14/c1-31-16-15-20-44(57)67-40(22-21-39-35(5)66-51(56-39)33(3)18-13-14-25-55)32(2)17-11-12-19-36-26-34(4)45-38(54(36,6)24-23-31)27-37(62-8)28-41(45)68-53-50(64-10)49(47(59)43(69-53)29-61-7)70-52-48(60)46(58)42(63-9)30-65-52/h11-12,16-17,19,21-24,26,32-33,36-38,40-43,45-50,52-53,58-60H,13-15,18,20,27-30H2,1-10H3/b17-11+,19-12+,22-21+,24-23+,31-16-. The third-order valence-corrected chi connectivity index (χ3v) is 15.0. The molecule has 0 spiro atoms. The number of nitriles is 1. The largest absolute Gasteiger partial charge is 0.457 e. The summed E-state index contributed by atoms with van der Waals surface area (Å²) < 4.78 is 60.6. The molecule has 0 aromatic carbocycles. The number of carbonyl (C=O) groups excluding carboxylic acids is 1. The number of ether oxygens (including phenoxy) is 9. The predicted molar refractivity (Wildman–Crippen MR) is 260 cm³/mol. The van der Waals surface area contributed by atoms with E-state index in [0.29, 0.717) is 36.6 Å². The summed E-state index contributed by atoms with van der Waals surface area (Å²) in [7, 11) is 6.14. The Kier molecular flexibility index (Phi) is 20.4. The number of allylic oxidation sites excluding steroid dienone is 8. The lowest BCUT2D eigenvalue weighted by Gasteiger charge is -2.55. The van der Waals surface area contributed by atoms with Crippen molar-refractivity contribution in [3.8, 4) is 6.07 Å². The second-order valence-electron chi connectivity index (χ2n) is 19.9. The quantitative estimate of drug-likeness (QED) is 0.0919. The van der Waals surface area contributed by atoms with Gasteiger partial charge in [0, 0.05) is 71.4 Å². The van der Waals surface area contributed by atoms with Gasteiger partial charge in [-0.2, -0.15) is 5.26 Å². The van der Waals surface area contributed by atoms with Gasteiger partial charge in [0.1, 0.15) is 60.3 Å². The molecule has 16 nitrogen and oxygen atoms in total. The van der Waals surface area contributed by atoms with E-state index in [9.17, 15) is 20.1 Å². The molecule has 0 amide bonds. The highest BCUT2D eigenvalue weighted by Crippen LogP contribution is 2.56. The van der Waals surface area contributed by atoms with Crippen LogP contribution in [0.2, 0.25) is 0 Å². The average Bonchev–Trinajstić information content (AvgIpc) is 3.72. The molecular formula is C54H78N2O14. The number of aromatic nitrogens is 1. The molecule has 0 radical (unpaired) electrons. The minimum atomic E-state index is -1.47. The number of hydrogen-bond acceptors (Lipinski definition) is 16. The van der Waals surface area contributed by atoms with Crippen LogP contribution in [0.1, 0.15) is 103 Å². The molecule has 70 heavy (non-hydrogen) atoms. The summed E-state index contributed by atoms with van der Waals surface area (Å²) in [5, 5.41) is 42.3. The lowest BCUT2D eigenvalue weighted by Crippen LogP contribution is -2.64. The third-order valence-electron chi connectivity index (χ3n) is 15.0. The van der Waals surface area contributed by atoms with E-state index in [1.807, 2.05) is 45.9 Å². The van der Waals surface area contributed by atoms with Crippen LogP contribution in [0.25, 0.3) is 6.08 Å². The number of unbranched alkanes of at least 4 members (excludes halogenated alkanes) is 1. The Morgan fingerprint density at radius 3 is 2.46 bits per heavy atom. The summed E-state index contributed by atoms with van der Waals surface area (Å²) >= 11 is 0. The van der Waals surface area contributed by atoms with Gasteiger partial charge in [0.15, 0.2) is 18.5 Å². The molecule has 4 heterocycles. The fourth-order valence-corrected chi connectivity index (χ4v) is 10.7. The van der Waals surface area contributed by atoms with Gasteiger partial charge in [-0.15, -0.1) is 0 Å². The van der Waals surface area contributed by atoms with E-state index >= 15 is 0 Å². The number of aliphatic hydroxyl groups excluding tert-OH is 3. The molecule has 388 valence electrons. The molecule has 2 aliphatic carbocycles. The van der Waals surface area contributed by atoms with Crippen LogP contribution in [0.5, 0.6) is 0 Å². The van der Waals surface area contributed by atoms with Gasteiger partial charge < -0.3 is 62.4 Å². The fourth-order valence-electron chi connectivity index (χ4n) is 10.7. The van der Waals surface area contributed by atoms with Gasteiger partial charge in [-0.25, -0.2) is 4.98 Å². The van der Waals surface area contributed by atoms with E-state index in [2.05, 4.69) is 62.4 Å². The Bertz CT molecular complexity index is 2090. The fraction of sp³-hybridized carbons (Fsp3) is 0.685. The average molecular weight is 979 g/mol. The highest BCUT2D eigenvalue weighted by Gasteiger charge is 2.55. The number of methoxy groups -OCH3 is 4. The summed E-state index contributed by atoms with van der Waals surface area (Å²) in [6.45, 7) is 12.4. The zero-order valence-electron chi connectivity index (χ0n) is 42.7. The minimum Gasteiger partial charge on any atom is -0.457 e. The number of fused-ring (bicyclic) bond motifs is 3. The van der Waals surface area contributed by atoms with E-state index in [-0.39, 0.29) is 61.3 Å². The number of aliphatic hydroxyl groups is 3. The molecule has 16 heteroatoms. The van der Waals surface area contributed by atoms with E-state index < -0.39 is 72.9 Å². The number of oxazole rings is 1. The zero-order valence-corrected chi connectivity index (χ0v) is 42.7. The van der Waals surface area contributed by atoms with Crippen molar-refractivity contribution in [1.29, 1.82) is 5.26 Å². The van der Waals surface area contributed by atoms with Crippen molar-refractivity contribution in [2.24, 2.45) is 29.1 Å². The summed E-state index contributed by atoms with van der Waals surface area (Å²) in [5.41, 5.74) is 2.43. The van der Waals surface area contributed by atoms with Crippen LogP contribution in [0.3, 0.4) is 0 Å². The Balaban J connectivity index is 1.28. The van der Waals surface area contributed by atoms with Crippen LogP contribution >= 0.6 is 0 Å². The molecule has 5 aliphatic rings. The van der Waals surface area contributed by atoms with Crippen molar-refractivity contribution in [3.63, 3.8) is 0 Å². The van der Waals surface area contributed by atoms with Crippen LogP contribution in [-0.2, 0) is 47.4 Å². The lowest BCUT2D eigenvalue weighted by molar-refractivity contribution is -0.361. The molecule has 0 bridgehead atoms. The number of carbonyl (C=O) groups is 1. The van der Waals surface area contributed by atoms with E-state index in [0.717, 1.165) is 30.4 Å². The van der Waals surface area contributed by atoms with Crippen LogP contribution < -0.4 is 0 Å². The van der Waals surface area contributed by atoms with Gasteiger partial charge in [0.05, 0.1) is 31.5 Å². The predicted octanol–water partition coefficient (Wildman–Crippen LogP) is 6.98. The van der Waals surface area contributed by atoms with Crippen molar-refractivity contribution in [2.75, 3.05) is 41.7 Å². The van der Waals surface area contributed by atoms with Crippen molar-refractivity contribution in [3.05, 3.63) is 83.2 Å². The molecule has 1 saturated carbocycles. The highest BCUT2D eigenvalue weighted by molar-refractivity contribution is 5.70. The normalized spacial score (nSPS) is 40.1. The second-order valence-corrected chi connectivity index (χ2v) is 19.9. The maximum absolute atomic E-state index is 13.4. The molecule has 2 saturated heterocycles.